The third-order valence-corrected chi connectivity index (χ3v) is 4.62. The molecule has 1 rings (SSSR count). The summed E-state index contributed by atoms with van der Waals surface area (Å²) in [6.45, 7) is 4.13. The standard InChI is InChI=1S/C13H27N3O3S/c1-11(10-20(4,18)19)14-12-5-7-16(8-6-12)9-13(17)15(2)3/h11-12,14H,5-10H2,1-4H3. The number of piperidine rings is 1. The van der Waals surface area contributed by atoms with Crippen molar-refractivity contribution in [2.75, 3.05) is 45.7 Å². The third-order valence-electron chi connectivity index (χ3n) is 3.52. The van der Waals surface area contributed by atoms with E-state index in [-0.39, 0.29) is 17.7 Å². The minimum absolute atomic E-state index is 0.0232. The normalized spacial score (nSPS) is 19.8. The summed E-state index contributed by atoms with van der Waals surface area (Å²) in [6, 6.07) is 0.322. The van der Waals surface area contributed by atoms with Crippen LogP contribution in [0.5, 0.6) is 0 Å². The summed E-state index contributed by atoms with van der Waals surface area (Å²) in [7, 11) is 0.601. The molecule has 0 radical (unpaired) electrons. The lowest BCUT2D eigenvalue weighted by atomic mass is 10.0. The SMILES string of the molecule is CC(CS(C)(=O)=O)NC1CCN(CC(=O)N(C)C)CC1. The van der Waals surface area contributed by atoms with Crippen molar-refractivity contribution in [2.24, 2.45) is 0 Å². The third kappa shape index (κ3) is 6.67. The fraction of sp³-hybridized carbons (Fsp3) is 0.923. The second kappa shape index (κ2) is 7.38. The molecule has 1 atom stereocenters. The molecule has 0 saturated carbocycles. The van der Waals surface area contributed by atoms with Crippen molar-refractivity contribution < 1.29 is 13.2 Å². The molecule has 1 saturated heterocycles. The Bertz CT molecular complexity index is 415. The van der Waals surface area contributed by atoms with Crippen LogP contribution in [0.2, 0.25) is 0 Å². The zero-order chi connectivity index (χ0) is 15.3. The molecule has 20 heavy (non-hydrogen) atoms. The zero-order valence-corrected chi connectivity index (χ0v) is 13.7. The lowest BCUT2D eigenvalue weighted by Crippen LogP contribution is -2.48. The predicted octanol–water partition coefficient (Wildman–Crippen LogP) is -0.438. The van der Waals surface area contributed by atoms with Gasteiger partial charge in [0.2, 0.25) is 5.91 Å². The van der Waals surface area contributed by atoms with Crippen molar-refractivity contribution in [3.05, 3.63) is 0 Å². The molecule has 0 bridgehead atoms. The molecule has 7 heteroatoms. The minimum Gasteiger partial charge on any atom is -0.348 e. The van der Waals surface area contributed by atoms with Gasteiger partial charge in [-0.05, 0) is 19.8 Å². The number of likely N-dealkylation sites (N-methyl/N-ethyl adjacent to an activating group) is 1. The highest BCUT2D eigenvalue weighted by atomic mass is 32.2. The highest BCUT2D eigenvalue weighted by Crippen LogP contribution is 2.11. The van der Waals surface area contributed by atoms with E-state index in [1.54, 1.807) is 19.0 Å². The van der Waals surface area contributed by atoms with E-state index in [0.29, 0.717) is 12.6 Å². The summed E-state index contributed by atoms with van der Waals surface area (Å²) in [5.41, 5.74) is 0. The Hall–Kier alpha value is -0.660. The van der Waals surface area contributed by atoms with E-state index in [1.807, 2.05) is 6.92 Å². The van der Waals surface area contributed by atoms with Crippen LogP contribution in [0.25, 0.3) is 0 Å². The molecule has 1 unspecified atom stereocenters. The number of amides is 1. The van der Waals surface area contributed by atoms with E-state index >= 15 is 0 Å². The lowest BCUT2D eigenvalue weighted by molar-refractivity contribution is -0.130. The Balaban J connectivity index is 2.30. The molecule has 1 heterocycles. The van der Waals surface area contributed by atoms with E-state index < -0.39 is 9.84 Å². The molecule has 1 amide bonds. The van der Waals surface area contributed by atoms with Gasteiger partial charge in [0.15, 0.2) is 0 Å². The summed E-state index contributed by atoms with van der Waals surface area (Å²) < 4.78 is 22.5. The number of sulfone groups is 1. The van der Waals surface area contributed by atoms with Crippen LogP contribution in [-0.2, 0) is 14.6 Å². The average molecular weight is 305 g/mol. The minimum atomic E-state index is -2.93. The van der Waals surface area contributed by atoms with Crippen molar-refractivity contribution in [1.82, 2.24) is 15.1 Å². The maximum Gasteiger partial charge on any atom is 0.236 e. The first-order valence-electron chi connectivity index (χ1n) is 7.03. The molecule has 0 aromatic heterocycles. The molecule has 1 aliphatic rings. The molecule has 1 aliphatic heterocycles. The van der Waals surface area contributed by atoms with Gasteiger partial charge < -0.3 is 10.2 Å². The predicted molar refractivity (Wildman–Crippen MR) is 80.5 cm³/mol. The van der Waals surface area contributed by atoms with Crippen LogP contribution >= 0.6 is 0 Å². The smallest absolute Gasteiger partial charge is 0.236 e. The van der Waals surface area contributed by atoms with Crippen molar-refractivity contribution in [1.29, 1.82) is 0 Å². The Morgan fingerprint density at radius 2 is 1.90 bits per heavy atom. The summed E-state index contributed by atoms with van der Waals surface area (Å²) in [6.07, 6.45) is 3.17. The van der Waals surface area contributed by atoms with Gasteiger partial charge in [-0.1, -0.05) is 0 Å². The molecule has 1 N–H and O–H groups in total. The topological polar surface area (TPSA) is 69.7 Å². The van der Waals surface area contributed by atoms with E-state index in [1.165, 1.54) is 6.26 Å². The number of likely N-dealkylation sites (tertiary alicyclic amines) is 1. The van der Waals surface area contributed by atoms with Crippen LogP contribution in [0.3, 0.4) is 0 Å². The summed E-state index contributed by atoms with van der Waals surface area (Å²) in [5.74, 6) is 0.300. The quantitative estimate of drug-likeness (QED) is 0.720. The van der Waals surface area contributed by atoms with Crippen LogP contribution < -0.4 is 5.32 Å². The zero-order valence-electron chi connectivity index (χ0n) is 12.9. The largest absolute Gasteiger partial charge is 0.348 e. The fourth-order valence-electron chi connectivity index (χ4n) is 2.50. The molecule has 0 spiro atoms. The van der Waals surface area contributed by atoms with Gasteiger partial charge >= 0.3 is 0 Å². The Morgan fingerprint density at radius 1 is 1.35 bits per heavy atom. The molecule has 0 aromatic rings. The molecular weight excluding hydrogens is 278 g/mol. The van der Waals surface area contributed by atoms with Crippen molar-refractivity contribution in [3.63, 3.8) is 0 Å². The van der Waals surface area contributed by atoms with E-state index in [4.69, 9.17) is 0 Å². The molecule has 1 fully saturated rings. The van der Waals surface area contributed by atoms with Gasteiger partial charge in [0.25, 0.3) is 0 Å². The van der Waals surface area contributed by atoms with Crippen LogP contribution in [0.1, 0.15) is 19.8 Å². The van der Waals surface area contributed by atoms with Crippen LogP contribution in [0, 0.1) is 0 Å². The van der Waals surface area contributed by atoms with Gasteiger partial charge in [-0.15, -0.1) is 0 Å². The van der Waals surface area contributed by atoms with E-state index in [9.17, 15) is 13.2 Å². The number of rotatable bonds is 6. The first-order chi connectivity index (χ1) is 9.17. The number of carbonyl (C=O) groups excluding carboxylic acids is 1. The van der Waals surface area contributed by atoms with Gasteiger partial charge in [0.1, 0.15) is 9.84 Å². The molecule has 0 aliphatic carbocycles. The first kappa shape index (κ1) is 17.4. The summed E-state index contributed by atoms with van der Waals surface area (Å²) in [4.78, 5) is 15.4. The van der Waals surface area contributed by atoms with E-state index in [2.05, 4.69) is 10.2 Å². The van der Waals surface area contributed by atoms with Crippen LogP contribution in [0.4, 0.5) is 0 Å². The number of carbonyl (C=O) groups is 1. The molecule has 118 valence electrons. The van der Waals surface area contributed by atoms with Gasteiger partial charge in [-0.3, -0.25) is 9.69 Å². The second-order valence-corrected chi connectivity index (χ2v) is 8.18. The van der Waals surface area contributed by atoms with Crippen molar-refractivity contribution in [2.45, 2.75) is 31.8 Å². The molecule has 0 aromatic carbocycles. The molecular formula is C13H27N3O3S. The van der Waals surface area contributed by atoms with Crippen LogP contribution in [-0.4, -0.2) is 81.9 Å². The van der Waals surface area contributed by atoms with Gasteiger partial charge in [0, 0.05) is 45.5 Å². The molecule has 6 nitrogen and oxygen atoms in total. The average Bonchev–Trinajstić information content (AvgIpc) is 2.28. The highest BCUT2D eigenvalue weighted by molar-refractivity contribution is 7.90. The Morgan fingerprint density at radius 3 is 2.35 bits per heavy atom. The number of nitrogens with zero attached hydrogens (tertiary/aromatic N) is 2. The maximum atomic E-state index is 11.6. The number of nitrogens with one attached hydrogen (secondary N) is 1. The van der Waals surface area contributed by atoms with Gasteiger partial charge in [-0.25, -0.2) is 8.42 Å². The number of hydrogen-bond acceptors (Lipinski definition) is 5. The maximum absolute atomic E-state index is 11.6. The Kier molecular flexibility index (Phi) is 6.42. The first-order valence-corrected chi connectivity index (χ1v) is 9.09. The van der Waals surface area contributed by atoms with E-state index in [0.717, 1.165) is 25.9 Å². The van der Waals surface area contributed by atoms with Crippen molar-refractivity contribution >= 4 is 15.7 Å². The summed E-state index contributed by atoms with van der Waals surface area (Å²) in [5, 5.41) is 3.37. The second-order valence-electron chi connectivity index (χ2n) is 6.00. The monoisotopic (exact) mass is 305 g/mol. The number of hydrogen-bond donors (Lipinski definition) is 1. The van der Waals surface area contributed by atoms with Gasteiger partial charge in [-0.2, -0.15) is 0 Å². The van der Waals surface area contributed by atoms with Gasteiger partial charge in [0.05, 0.1) is 12.3 Å². The van der Waals surface area contributed by atoms with Crippen molar-refractivity contribution in [3.8, 4) is 0 Å². The lowest BCUT2D eigenvalue weighted by Gasteiger charge is -2.33. The fourth-order valence-corrected chi connectivity index (χ4v) is 3.50. The highest BCUT2D eigenvalue weighted by Gasteiger charge is 2.23. The summed E-state index contributed by atoms with van der Waals surface area (Å²) >= 11 is 0. The Labute approximate surface area is 122 Å². The van der Waals surface area contributed by atoms with Crippen LogP contribution in [0.15, 0.2) is 0 Å².